The zero-order valence-electron chi connectivity index (χ0n) is 12.7. The van der Waals surface area contributed by atoms with E-state index >= 15 is 0 Å². The van der Waals surface area contributed by atoms with E-state index in [9.17, 15) is 4.79 Å². The summed E-state index contributed by atoms with van der Waals surface area (Å²) >= 11 is 3.01. The van der Waals surface area contributed by atoms with Crippen LogP contribution in [0.25, 0.3) is 0 Å². The van der Waals surface area contributed by atoms with Gasteiger partial charge in [-0.3, -0.25) is 4.79 Å². The summed E-state index contributed by atoms with van der Waals surface area (Å²) in [7, 11) is 2.01. The predicted molar refractivity (Wildman–Crippen MR) is 87.1 cm³/mol. The number of amides is 1. The average Bonchev–Trinajstić information content (AvgIpc) is 3.13. The number of hydrogen-bond acceptors (Lipinski definition) is 6. The molecular weight excluding hydrogens is 318 g/mol. The molecule has 6 nitrogen and oxygen atoms in total. The first kappa shape index (κ1) is 15.5. The maximum Gasteiger partial charge on any atom is 0.233 e. The van der Waals surface area contributed by atoms with Crippen molar-refractivity contribution in [1.82, 2.24) is 24.6 Å². The summed E-state index contributed by atoms with van der Waals surface area (Å²) in [5.74, 6) is 2.02. The molecule has 1 atom stereocenters. The fourth-order valence-corrected chi connectivity index (χ4v) is 4.45. The summed E-state index contributed by atoms with van der Waals surface area (Å²) in [6, 6.07) is 0. The lowest BCUT2D eigenvalue weighted by Crippen LogP contribution is -2.40. The van der Waals surface area contributed by atoms with Crippen molar-refractivity contribution in [2.75, 3.05) is 18.8 Å². The Bertz CT molecular complexity index is 653. The van der Waals surface area contributed by atoms with Crippen molar-refractivity contribution >= 4 is 29.0 Å². The minimum Gasteiger partial charge on any atom is -0.341 e. The van der Waals surface area contributed by atoms with Crippen LogP contribution in [0.2, 0.25) is 0 Å². The quantitative estimate of drug-likeness (QED) is 0.799. The smallest absolute Gasteiger partial charge is 0.233 e. The van der Waals surface area contributed by atoms with E-state index in [1.807, 2.05) is 31.3 Å². The van der Waals surface area contributed by atoms with E-state index in [2.05, 4.69) is 19.7 Å². The zero-order chi connectivity index (χ0) is 15.5. The van der Waals surface area contributed by atoms with Crippen molar-refractivity contribution in [3.63, 3.8) is 0 Å². The lowest BCUT2D eigenvalue weighted by Gasteiger charge is -2.32. The van der Waals surface area contributed by atoms with Crippen molar-refractivity contribution < 1.29 is 4.79 Å². The van der Waals surface area contributed by atoms with Gasteiger partial charge in [0.05, 0.1) is 5.75 Å². The minimum absolute atomic E-state index is 0.178. The third-order valence-corrected chi connectivity index (χ3v) is 5.78. The third-order valence-electron chi connectivity index (χ3n) is 3.82. The summed E-state index contributed by atoms with van der Waals surface area (Å²) in [6.07, 6.45) is 5.91. The Balaban J connectivity index is 1.57. The van der Waals surface area contributed by atoms with Crippen LogP contribution in [0.1, 0.15) is 29.6 Å². The largest absolute Gasteiger partial charge is 0.341 e. The molecule has 0 saturated carbocycles. The molecule has 0 aromatic carbocycles. The molecule has 1 unspecified atom stereocenters. The van der Waals surface area contributed by atoms with Gasteiger partial charge >= 0.3 is 0 Å². The average molecular weight is 337 g/mol. The molecule has 3 heterocycles. The van der Waals surface area contributed by atoms with Crippen molar-refractivity contribution in [1.29, 1.82) is 0 Å². The van der Waals surface area contributed by atoms with Gasteiger partial charge in [-0.1, -0.05) is 23.1 Å². The van der Waals surface area contributed by atoms with Crippen LogP contribution in [-0.4, -0.2) is 49.4 Å². The first-order valence-electron chi connectivity index (χ1n) is 7.31. The number of aryl methyl sites for hydroxylation is 2. The van der Waals surface area contributed by atoms with Crippen molar-refractivity contribution in [3.05, 3.63) is 23.2 Å². The second-order valence-electron chi connectivity index (χ2n) is 5.45. The second-order valence-corrected chi connectivity index (χ2v) is 7.86. The minimum atomic E-state index is 0.178. The molecule has 1 aliphatic heterocycles. The third kappa shape index (κ3) is 3.49. The Morgan fingerprint density at radius 2 is 2.36 bits per heavy atom. The number of aromatic nitrogens is 4. The highest BCUT2D eigenvalue weighted by molar-refractivity contribution is 8.01. The van der Waals surface area contributed by atoms with Crippen LogP contribution in [0, 0.1) is 6.92 Å². The molecule has 3 rings (SSSR count). The highest BCUT2D eigenvalue weighted by Crippen LogP contribution is 2.27. The Kier molecular flexibility index (Phi) is 4.77. The normalized spacial score (nSPS) is 18.6. The van der Waals surface area contributed by atoms with Crippen molar-refractivity contribution in [2.45, 2.75) is 30.0 Å². The molecule has 1 saturated heterocycles. The molecule has 0 spiro atoms. The highest BCUT2D eigenvalue weighted by atomic mass is 32.2. The maximum absolute atomic E-state index is 12.4. The molecule has 8 heteroatoms. The number of carbonyl (C=O) groups excluding carboxylic acids is 1. The molecule has 1 aliphatic rings. The van der Waals surface area contributed by atoms with Crippen LogP contribution >= 0.6 is 23.1 Å². The summed E-state index contributed by atoms with van der Waals surface area (Å²) in [5, 5.41) is 8.95. The van der Waals surface area contributed by atoms with Gasteiger partial charge in [-0.2, -0.15) is 0 Å². The number of nitrogens with zero attached hydrogens (tertiary/aromatic N) is 5. The van der Waals surface area contributed by atoms with Gasteiger partial charge in [0, 0.05) is 38.4 Å². The molecule has 1 amide bonds. The number of carbonyl (C=O) groups is 1. The first-order valence-corrected chi connectivity index (χ1v) is 9.11. The van der Waals surface area contributed by atoms with E-state index in [4.69, 9.17) is 0 Å². The van der Waals surface area contributed by atoms with E-state index in [0.29, 0.717) is 11.7 Å². The maximum atomic E-state index is 12.4. The summed E-state index contributed by atoms with van der Waals surface area (Å²) < 4.78 is 2.92. The molecule has 0 radical (unpaired) electrons. The number of imidazole rings is 1. The topological polar surface area (TPSA) is 63.9 Å². The first-order chi connectivity index (χ1) is 10.6. The molecule has 2 aromatic rings. The van der Waals surface area contributed by atoms with Gasteiger partial charge in [0.2, 0.25) is 5.91 Å². The number of thioether (sulfide) groups is 1. The van der Waals surface area contributed by atoms with Crippen LogP contribution in [-0.2, 0) is 11.8 Å². The molecule has 0 N–H and O–H groups in total. The van der Waals surface area contributed by atoms with Crippen LogP contribution in [0.3, 0.4) is 0 Å². The molecule has 22 heavy (non-hydrogen) atoms. The van der Waals surface area contributed by atoms with Gasteiger partial charge in [-0.25, -0.2) is 4.98 Å². The number of rotatable bonds is 4. The van der Waals surface area contributed by atoms with Gasteiger partial charge in [-0.15, -0.1) is 10.2 Å². The van der Waals surface area contributed by atoms with Crippen molar-refractivity contribution in [3.8, 4) is 0 Å². The van der Waals surface area contributed by atoms with E-state index in [-0.39, 0.29) is 5.91 Å². The molecule has 0 aliphatic carbocycles. The van der Waals surface area contributed by atoms with Crippen LogP contribution < -0.4 is 0 Å². The Morgan fingerprint density at radius 3 is 3.05 bits per heavy atom. The van der Waals surface area contributed by atoms with Crippen LogP contribution in [0.4, 0.5) is 0 Å². The van der Waals surface area contributed by atoms with Gasteiger partial charge in [0.1, 0.15) is 10.8 Å². The van der Waals surface area contributed by atoms with Gasteiger partial charge in [0.15, 0.2) is 4.34 Å². The zero-order valence-corrected chi connectivity index (χ0v) is 14.4. The molecular formula is C14H19N5OS2. The second kappa shape index (κ2) is 6.78. The Labute approximate surface area is 137 Å². The van der Waals surface area contributed by atoms with Crippen LogP contribution in [0.5, 0.6) is 0 Å². The summed E-state index contributed by atoms with van der Waals surface area (Å²) in [6.45, 7) is 3.53. The van der Waals surface area contributed by atoms with E-state index in [1.54, 1.807) is 0 Å². The fourth-order valence-electron chi connectivity index (χ4n) is 2.74. The van der Waals surface area contributed by atoms with Gasteiger partial charge in [0.25, 0.3) is 0 Å². The lowest BCUT2D eigenvalue weighted by molar-refractivity contribution is -0.129. The molecule has 118 valence electrons. The number of hydrogen-bond donors (Lipinski definition) is 0. The predicted octanol–water partition coefficient (Wildman–Crippen LogP) is 2.08. The highest BCUT2D eigenvalue weighted by Gasteiger charge is 2.27. The lowest BCUT2D eigenvalue weighted by atomic mass is 9.97. The monoisotopic (exact) mass is 337 g/mol. The Hall–Kier alpha value is -1.41. The van der Waals surface area contributed by atoms with Crippen LogP contribution in [0.15, 0.2) is 16.7 Å². The Morgan fingerprint density at radius 1 is 1.50 bits per heavy atom. The summed E-state index contributed by atoms with van der Waals surface area (Å²) in [4.78, 5) is 18.8. The number of likely N-dealkylation sites (tertiary alicyclic amines) is 1. The van der Waals surface area contributed by atoms with E-state index < -0.39 is 0 Å². The fraction of sp³-hybridized carbons (Fsp3) is 0.571. The van der Waals surface area contributed by atoms with Gasteiger partial charge < -0.3 is 9.47 Å². The molecule has 1 fully saturated rings. The van der Waals surface area contributed by atoms with E-state index in [0.717, 1.165) is 41.1 Å². The molecule has 0 bridgehead atoms. The number of piperidine rings is 1. The summed E-state index contributed by atoms with van der Waals surface area (Å²) in [5.41, 5.74) is 0. The van der Waals surface area contributed by atoms with Crippen molar-refractivity contribution in [2.24, 2.45) is 7.05 Å². The van der Waals surface area contributed by atoms with E-state index in [1.165, 1.54) is 23.1 Å². The standard InChI is InChI=1S/C14H19N5OS2/c1-10-16-17-14(22-10)21-9-12(20)19-6-3-4-11(8-19)13-15-5-7-18(13)2/h5,7,11H,3-4,6,8-9H2,1-2H3. The van der Waals surface area contributed by atoms with Gasteiger partial charge in [-0.05, 0) is 19.8 Å². The SMILES string of the molecule is Cc1nnc(SCC(=O)N2CCCC(c3nccn3C)C2)s1. The molecule has 2 aromatic heterocycles.